The number of para-hydroxylation sites is 1. The number of non-ortho nitro benzene ring substituents is 1. The second-order valence-electron chi connectivity index (χ2n) is 12.7. The molecule has 0 aliphatic rings. The van der Waals surface area contributed by atoms with E-state index < -0.39 is 17.1 Å². The molecule has 54 heavy (non-hydrogen) atoms. The second kappa shape index (κ2) is 17.2. The van der Waals surface area contributed by atoms with Gasteiger partial charge in [-0.15, -0.1) is 5.11 Å². The quantitative estimate of drug-likeness (QED) is 0.0603. The molecule has 5 aromatic carbocycles. The standard InChI is InChI=1S/C41H41N7O6/c1-3-4-21-47-38-8-6-5-7-34(38)36-26-29(11-20-39(36)47)35-27-33(18-19-37(35)45-44-31-14-16-32(17-15-31)48(51)52)46(22-24-53-40(42)49)23-25-54-41(50)43-30-12-9-28(2)10-13-30/h5-20,26-27H,3-4,21-25H2,1-2H3,(H2,42,49)(H,43,50). The molecule has 0 atom stereocenters. The number of anilines is 2. The SMILES string of the molecule is CCCCn1c2ccccc2c2cc(-c3cc(N(CCOC(N)=O)CCOC(=O)Nc4ccc(C)cc4)ccc3N=Nc3ccc([N+](=O)[O-])cc3)ccc21. The first-order valence-electron chi connectivity index (χ1n) is 17.7. The molecule has 1 aromatic heterocycles. The molecule has 6 aromatic rings. The van der Waals surface area contributed by atoms with Gasteiger partial charge in [-0.25, -0.2) is 9.59 Å². The van der Waals surface area contributed by atoms with Crippen LogP contribution in [0.5, 0.6) is 0 Å². The number of nitrogens with two attached hydrogens (primary N) is 1. The largest absolute Gasteiger partial charge is 0.448 e. The van der Waals surface area contributed by atoms with E-state index in [2.05, 4.69) is 63.4 Å². The predicted molar refractivity (Wildman–Crippen MR) is 211 cm³/mol. The number of carbonyl (C=O) groups is 2. The van der Waals surface area contributed by atoms with Crippen molar-refractivity contribution in [1.29, 1.82) is 0 Å². The van der Waals surface area contributed by atoms with Crippen LogP contribution in [-0.4, -0.2) is 48.0 Å². The molecular formula is C41H41N7O6. The van der Waals surface area contributed by atoms with Gasteiger partial charge >= 0.3 is 12.2 Å². The maximum Gasteiger partial charge on any atom is 0.411 e. The Hall–Kier alpha value is -6.76. The minimum atomic E-state index is -0.891. The number of hydrogen-bond donors (Lipinski definition) is 2. The van der Waals surface area contributed by atoms with Crippen LogP contribution in [0.4, 0.5) is 38.0 Å². The number of nitrogens with zero attached hydrogens (tertiary/aromatic N) is 5. The van der Waals surface area contributed by atoms with Crippen molar-refractivity contribution in [3.8, 4) is 11.1 Å². The fourth-order valence-electron chi connectivity index (χ4n) is 6.24. The third-order valence-corrected chi connectivity index (χ3v) is 9.00. The zero-order chi connectivity index (χ0) is 38.0. The van der Waals surface area contributed by atoms with Crippen LogP contribution in [0.3, 0.4) is 0 Å². The Kier molecular flexibility index (Phi) is 11.8. The average Bonchev–Trinajstić information content (AvgIpc) is 3.49. The number of aryl methyl sites for hydroxylation is 2. The minimum absolute atomic E-state index is 0.00502. The summed E-state index contributed by atoms with van der Waals surface area (Å²) in [6.45, 7) is 5.62. The number of nitro benzene ring substituents is 1. The van der Waals surface area contributed by atoms with Gasteiger partial charge in [0.25, 0.3) is 5.69 Å². The number of unbranched alkanes of at least 4 members (excludes halogenated alkanes) is 1. The number of fused-ring (bicyclic) bond motifs is 3. The average molecular weight is 728 g/mol. The molecule has 0 saturated carbocycles. The number of ether oxygens (including phenoxy) is 2. The lowest BCUT2D eigenvalue weighted by Crippen LogP contribution is -2.33. The van der Waals surface area contributed by atoms with E-state index in [0.717, 1.165) is 63.6 Å². The highest BCUT2D eigenvalue weighted by Gasteiger charge is 2.17. The molecule has 0 radical (unpaired) electrons. The third kappa shape index (κ3) is 8.99. The highest BCUT2D eigenvalue weighted by atomic mass is 16.6. The summed E-state index contributed by atoms with van der Waals surface area (Å²) >= 11 is 0. The second-order valence-corrected chi connectivity index (χ2v) is 12.7. The maximum absolute atomic E-state index is 12.6. The van der Waals surface area contributed by atoms with Gasteiger partial charge in [0.15, 0.2) is 0 Å². The van der Waals surface area contributed by atoms with Crippen molar-refractivity contribution in [2.24, 2.45) is 16.0 Å². The Morgan fingerprint density at radius 1 is 0.852 bits per heavy atom. The van der Waals surface area contributed by atoms with Gasteiger partial charge in [-0.3, -0.25) is 15.4 Å². The number of azo groups is 1. The summed E-state index contributed by atoms with van der Waals surface area (Å²) in [5, 5.41) is 25.2. The molecule has 13 heteroatoms. The summed E-state index contributed by atoms with van der Waals surface area (Å²) in [7, 11) is 0. The van der Waals surface area contributed by atoms with Crippen molar-refractivity contribution in [3.63, 3.8) is 0 Å². The zero-order valence-corrected chi connectivity index (χ0v) is 30.1. The van der Waals surface area contributed by atoms with Gasteiger partial charge in [0.1, 0.15) is 13.2 Å². The van der Waals surface area contributed by atoms with Crippen LogP contribution >= 0.6 is 0 Å². The van der Waals surface area contributed by atoms with E-state index >= 15 is 0 Å². The molecule has 0 aliphatic heterocycles. The molecule has 6 rings (SSSR count). The van der Waals surface area contributed by atoms with Gasteiger partial charge in [0, 0.05) is 57.4 Å². The van der Waals surface area contributed by atoms with Gasteiger partial charge in [-0.2, -0.15) is 5.11 Å². The van der Waals surface area contributed by atoms with Crippen LogP contribution in [0.15, 0.2) is 119 Å². The number of amides is 2. The molecule has 276 valence electrons. The number of rotatable bonds is 15. The van der Waals surface area contributed by atoms with Crippen LogP contribution in [0.2, 0.25) is 0 Å². The van der Waals surface area contributed by atoms with Gasteiger partial charge in [0.05, 0.1) is 29.4 Å². The molecule has 2 amide bonds. The molecule has 13 nitrogen and oxygen atoms in total. The number of aromatic nitrogens is 1. The number of primary amides is 1. The van der Waals surface area contributed by atoms with E-state index in [0.29, 0.717) is 17.1 Å². The van der Waals surface area contributed by atoms with Crippen molar-refractivity contribution in [2.45, 2.75) is 33.2 Å². The predicted octanol–water partition coefficient (Wildman–Crippen LogP) is 10.0. The van der Waals surface area contributed by atoms with Crippen molar-refractivity contribution < 1.29 is 24.0 Å². The molecular weight excluding hydrogens is 686 g/mol. The lowest BCUT2D eigenvalue weighted by atomic mass is 10.00. The lowest BCUT2D eigenvalue weighted by Gasteiger charge is -2.25. The summed E-state index contributed by atoms with van der Waals surface area (Å²) in [5.74, 6) is 0. The van der Waals surface area contributed by atoms with E-state index in [1.54, 1.807) is 24.3 Å². The van der Waals surface area contributed by atoms with Gasteiger partial charge in [-0.05, 0) is 79.6 Å². The van der Waals surface area contributed by atoms with Gasteiger partial charge in [-0.1, -0.05) is 55.3 Å². The Bertz CT molecular complexity index is 2300. The van der Waals surface area contributed by atoms with Crippen molar-refractivity contribution in [1.82, 2.24) is 4.57 Å². The molecule has 0 bridgehead atoms. The van der Waals surface area contributed by atoms with E-state index in [4.69, 9.17) is 15.2 Å². The summed E-state index contributed by atoms with van der Waals surface area (Å²) < 4.78 is 13.0. The lowest BCUT2D eigenvalue weighted by molar-refractivity contribution is -0.384. The normalized spacial score (nSPS) is 11.2. The Labute approximate surface area is 312 Å². The fraction of sp³-hybridized carbons (Fsp3) is 0.220. The highest BCUT2D eigenvalue weighted by molar-refractivity contribution is 6.09. The van der Waals surface area contributed by atoms with E-state index in [1.165, 1.54) is 12.1 Å². The monoisotopic (exact) mass is 727 g/mol. The topological polar surface area (TPSA) is 167 Å². The van der Waals surface area contributed by atoms with E-state index in [-0.39, 0.29) is 32.0 Å². The van der Waals surface area contributed by atoms with Crippen molar-refractivity contribution >= 4 is 62.4 Å². The fourth-order valence-corrected chi connectivity index (χ4v) is 6.24. The van der Waals surface area contributed by atoms with Gasteiger partial charge < -0.3 is 24.7 Å². The maximum atomic E-state index is 12.6. The smallest absolute Gasteiger partial charge is 0.411 e. The Balaban J connectivity index is 1.36. The van der Waals surface area contributed by atoms with E-state index in [9.17, 15) is 19.7 Å². The van der Waals surface area contributed by atoms with Crippen LogP contribution in [0.1, 0.15) is 25.3 Å². The number of hydrogen-bond acceptors (Lipinski definition) is 9. The van der Waals surface area contributed by atoms with Gasteiger partial charge in [0.2, 0.25) is 0 Å². The number of benzene rings is 5. The number of carbonyl (C=O) groups excluding carboxylic acids is 2. The Morgan fingerprint density at radius 2 is 1.57 bits per heavy atom. The van der Waals surface area contributed by atoms with Crippen LogP contribution in [0, 0.1) is 17.0 Å². The zero-order valence-electron chi connectivity index (χ0n) is 30.1. The summed E-state index contributed by atoms with van der Waals surface area (Å²) in [6.07, 6.45) is 0.641. The summed E-state index contributed by atoms with van der Waals surface area (Å²) in [6, 6.07) is 33.6. The van der Waals surface area contributed by atoms with Crippen molar-refractivity contribution in [3.05, 3.63) is 125 Å². The molecule has 3 N–H and O–H groups in total. The van der Waals surface area contributed by atoms with E-state index in [1.807, 2.05) is 48.2 Å². The molecule has 0 unspecified atom stereocenters. The first kappa shape index (κ1) is 37.0. The van der Waals surface area contributed by atoms with Crippen molar-refractivity contribution in [2.75, 3.05) is 36.5 Å². The molecule has 0 saturated heterocycles. The Morgan fingerprint density at radius 3 is 2.30 bits per heavy atom. The molecule has 0 fully saturated rings. The molecule has 0 spiro atoms. The van der Waals surface area contributed by atoms with Crippen LogP contribution in [-0.2, 0) is 16.0 Å². The first-order chi connectivity index (χ1) is 26.2. The van der Waals surface area contributed by atoms with Crippen LogP contribution in [0.25, 0.3) is 32.9 Å². The highest BCUT2D eigenvalue weighted by Crippen LogP contribution is 2.39. The molecule has 1 heterocycles. The third-order valence-electron chi connectivity index (χ3n) is 9.00. The number of nitro groups is 1. The summed E-state index contributed by atoms with van der Waals surface area (Å²) in [4.78, 5) is 36.7. The summed E-state index contributed by atoms with van der Waals surface area (Å²) in [5.41, 5.74) is 12.6. The van der Waals surface area contributed by atoms with Crippen LogP contribution < -0.4 is 16.0 Å². The minimum Gasteiger partial charge on any atom is -0.448 e. The number of nitrogens with one attached hydrogen (secondary N) is 1. The first-order valence-corrected chi connectivity index (χ1v) is 17.7. The molecule has 0 aliphatic carbocycles.